The van der Waals surface area contributed by atoms with Gasteiger partial charge in [0, 0.05) is 10.7 Å². The maximum Gasteiger partial charge on any atom is 0.0663 e. The lowest BCUT2D eigenvalue weighted by molar-refractivity contribution is 0.653. The Morgan fingerprint density at radius 2 is 2.10 bits per heavy atom. The first kappa shape index (κ1) is 16.1. The van der Waals surface area contributed by atoms with E-state index < -0.39 is 0 Å². The Labute approximate surface area is 132 Å². The molecule has 0 amide bonds. The van der Waals surface area contributed by atoms with Crippen LogP contribution in [0.25, 0.3) is 0 Å². The van der Waals surface area contributed by atoms with E-state index in [-0.39, 0.29) is 0 Å². The Hall–Kier alpha value is -1.32. The van der Waals surface area contributed by atoms with Crippen molar-refractivity contribution >= 4 is 11.6 Å². The number of nitrogens with zero attached hydrogens (tertiary/aromatic N) is 2. The summed E-state index contributed by atoms with van der Waals surface area (Å²) in [5.41, 5.74) is 4.98. The highest BCUT2D eigenvalue weighted by Gasteiger charge is 2.11. The lowest BCUT2D eigenvalue weighted by Crippen LogP contribution is -2.14. The smallest absolute Gasteiger partial charge is 0.0663 e. The highest BCUT2D eigenvalue weighted by atomic mass is 35.5. The van der Waals surface area contributed by atoms with Crippen molar-refractivity contribution in [3.8, 4) is 0 Å². The van der Waals surface area contributed by atoms with Crippen molar-refractivity contribution in [1.82, 2.24) is 15.1 Å². The van der Waals surface area contributed by atoms with Gasteiger partial charge in [-0.15, -0.1) is 0 Å². The summed E-state index contributed by atoms with van der Waals surface area (Å²) in [7, 11) is 0. The number of hydrogen-bond acceptors (Lipinski definition) is 2. The van der Waals surface area contributed by atoms with Gasteiger partial charge in [0.1, 0.15) is 0 Å². The number of hydrogen-bond donors (Lipinski definition) is 1. The number of nitrogens with one attached hydrogen (secondary N) is 1. The molecule has 0 bridgehead atoms. The maximum atomic E-state index is 6.05. The minimum atomic E-state index is 0.778. The van der Waals surface area contributed by atoms with Crippen molar-refractivity contribution in [2.45, 2.75) is 40.2 Å². The second kappa shape index (κ2) is 7.62. The summed E-state index contributed by atoms with van der Waals surface area (Å²) >= 11 is 6.05. The van der Waals surface area contributed by atoms with Crippen LogP contribution in [0.1, 0.15) is 35.9 Å². The monoisotopic (exact) mass is 305 g/mol. The zero-order valence-corrected chi connectivity index (χ0v) is 13.9. The predicted molar refractivity (Wildman–Crippen MR) is 89.1 cm³/mol. The molecule has 0 unspecified atom stereocenters. The maximum absolute atomic E-state index is 6.05. The van der Waals surface area contributed by atoms with E-state index in [2.05, 4.69) is 41.9 Å². The molecular weight excluding hydrogens is 282 g/mol. The summed E-state index contributed by atoms with van der Waals surface area (Å²) in [5.74, 6) is 0. The van der Waals surface area contributed by atoms with Crippen molar-refractivity contribution in [2.75, 3.05) is 13.1 Å². The van der Waals surface area contributed by atoms with E-state index in [9.17, 15) is 0 Å². The zero-order valence-electron chi connectivity index (χ0n) is 13.1. The standard InChI is InChI=1S/C17H24ClN3/c1-4-19-10-6-9-17-13(2)20-21(14(17)3)12-15-7-5-8-16(18)11-15/h5,7-8,11,19H,4,6,9-10,12H2,1-3H3. The molecule has 4 heteroatoms. The lowest BCUT2D eigenvalue weighted by atomic mass is 10.1. The Balaban J connectivity index is 2.07. The number of benzene rings is 1. The molecule has 1 aromatic heterocycles. The molecule has 0 aliphatic heterocycles. The average molecular weight is 306 g/mol. The van der Waals surface area contributed by atoms with Gasteiger partial charge in [-0.2, -0.15) is 5.10 Å². The minimum absolute atomic E-state index is 0.778. The molecule has 1 heterocycles. The molecule has 3 nitrogen and oxygen atoms in total. The quantitative estimate of drug-likeness (QED) is 0.790. The molecule has 0 atom stereocenters. The van der Waals surface area contributed by atoms with E-state index in [1.807, 2.05) is 18.2 Å². The van der Waals surface area contributed by atoms with Gasteiger partial charge in [-0.05, 0) is 63.0 Å². The fourth-order valence-electron chi connectivity index (χ4n) is 2.62. The molecule has 2 aromatic rings. The van der Waals surface area contributed by atoms with Crippen molar-refractivity contribution in [3.63, 3.8) is 0 Å². The van der Waals surface area contributed by atoms with E-state index in [0.717, 1.165) is 43.2 Å². The summed E-state index contributed by atoms with van der Waals surface area (Å²) in [6.45, 7) is 9.28. The van der Waals surface area contributed by atoms with Gasteiger partial charge >= 0.3 is 0 Å². The highest BCUT2D eigenvalue weighted by Crippen LogP contribution is 2.18. The van der Waals surface area contributed by atoms with E-state index in [0.29, 0.717) is 0 Å². The predicted octanol–water partition coefficient (Wildman–Crippen LogP) is 3.74. The molecule has 0 spiro atoms. The van der Waals surface area contributed by atoms with Crippen molar-refractivity contribution < 1.29 is 0 Å². The Kier molecular flexibility index (Phi) is 5.83. The van der Waals surface area contributed by atoms with Crippen LogP contribution in [0.2, 0.25) is 5.02 Å². The molecule has 0 saturated heterocycles. The van der Waals surface area contributed by atoms with Gasteiger partial charge in [-0.1, -0.05) is 30.7 Å². The van der Waals surface area contributed by atoms with Gasteiger partial charge in [0.15, 0.2) is 0 Å². The van der Waals surface area contributed by atoms with Gasteiger partial charge in [0.2, 0.25) is 0 Å². The number of aromatic nitrogens is 2. The van der Waals surface area contributed by atoms with Crippen molar-refractivity contribution in [2.24, 2.45) is 0 Å². The summed E-state index contributed by atoms with van der Waals surface area (Å²) < 4.78 is 2.09. The van der Waals surface area contributed by atoms with Crippen LogP contribution >= 0.6 is 11.6 Å². The molecule has 0 aliphatic rings. The Morgan fingerprint density at radius 1 is 1.29 bits per heavy atom. The van der Waals surface area contributed by atoms with E-state index >= 15 is 0 Å². The summed E-state index contributed by atoms with van der Waals surface area (Å²) in [6.07, 6.45) is 2.23. The third kappa shape index (κ3) is 4.32. The van der Waals surface area contributed by atoms with Crippen LogP contribution < -0.4 is 5.32 Å². The number of aryl methyl sites for hydroxylation is 1. The average Bonchev–Trinajstić information content (AvgIpc) is 2.70. The van der Waals surface area contributed by atoms with E-state index in [1.165, 1.54) is 16.8 Å². The lowest BCUT2D eigenvalue weighted by Gasteiger charge is -2.06. The zero-order chi connectivity index (χ0) is 15.2. The highest BCUT2D eigenvalue weighted by molar-refractivity contribution is 6.30. The second-order valence-corrected chi connectivity index (χ2v) is 5.83. The number of rotatable bonds is 7. The van der Waals surface area contributed by atoms with E-state index in [1.54, 1.807) is 0 Å². The van der Waals surface area contributed by atoms with Gasteiger partial charge < -0.3 is 5.32 Å². The molecule has 2 rings (SSSR count). The third-order valence-electron chi connectivity index (χ3n) is 3.78. The van der Waals surface area contributed by atoms with Crippen molar-refractivity contribution in [3.05, 3.63) is 51.8 Å². The van der Waals surface area contributed by atoms with Crippen LogP contribution in [0.5, 0.6) is 0 Å². The molecule has 0 saturated carbocycles. The largest absolute Gasteiger partial charge is 0.317 e. The SMILES string of the molecule is CCNCCCc1c(C)nn(Cc2cccc(Cl)c2)c1C. The van der Waals surface area contributed by atoms with Crippen LogP contribution in [0.3, 0.4) is 0 Å². The Morgan fingerprint density at radius 3 is 2.81 bits per heavy atom. The first-order valence-corrected chi connectivity index (χ1v) is 7.97. The van der Waals surface area contributed by atoms with Gasteiger partial charge in [-0.25, -0.2) is 0 Å². The van der Waals surface area contributed by atoms with Gasteiger partial charge in [-0.3, -0.25) is 4.68 Å². The van der Waals surface area contributed by atoms with Crippen LogP contribution in [0.4, 0.5) is 0 Å². The summed E-state index contributed by atoms with van der Waals surface area (Å²) in [5, 5.41) is 8.83. The topological polar surface area (TPSA) is 29.9 Å². The normalized spacial score (nSPS) is 11.0. The fraction of sp³-hybridized carbons (Fsp3) is 0.471. The molecule has 114 valence electrons. The molecule has 1 N–H and O–H groups in total. The van der Waals surface area contributed by atoms with Crippen LogP contribution in [-0.2, 0) is 13.0 Å². The fourth-order valence-corrected chi connectivity index (χ4v) is 2.84. The van der Waals surface area contributed by atoms with Crippen LogP contribution in [-0.4, -0.2) is 22.9 Å². The summed E-state index contributed by atoms with van der Waals surface area (Å²) in [4.78, 5) is 0. The molecule has 21 heavy (non-hydrogen) atoms. The molecule has 0 aliphatic carbocycles. The molecule has 1 aromatic carbocycles. The molecular formula is C17H24ClN3. The molecule has 0 radical (unpaired) electrons. The van der Waals surface area contributed by atoms with Gasteiger partial charge in [0.25, 0.3) is 0 Å². The first-order chi connectivity index (χ1) is 10.1. The Bertz CT molecular complexity index is 590. The van der Waals surface area contributed by atoms with Crippen LogP contribution in [0.15, 0.2) is 24.3 Å². The first-order valence-electron chi connectivity index (χ1n) is 7.60. The van der Waals surface area contributed by atoms with E-state index in [4.69, 9.17) is 11.6 Å². The number of halogens is 1. The van der Waals surface area contributed by atoms with Crippen LogP contribution in [0, 0.1) is 13.8 Å². The second-order valence-electron chi connectivity index (χ2n) is 5.39. The van der Waals surface area contributed by atoms with Crippen molar-refractivity contribution in [1.29, 1.82) is 0 Å². The molecule has 0 fully saturated rings. The summed E-state index contributed by atoms with van der Waals surface area (Å²) in [6, 6.07) is 7.98. The third-order valence-corrected chi connectivity index (χ3v) is 4.02. The van der Waals surface area contributed by atoms with Gasteiger partial charge in [0.05, 0.1) is 12.2 Å². The minimum Gasteiger partial charge on any atom is -0.317 e.